The molecule has 1 unspecified atom stereocenters. The molecule has 1 aliphatic carbocycles. The predicted octanol–water partition coefficient (Wildman–Crippen LogP) is 4.59. The Hall–Kier alpha value is -2.32. The third kappa shape index (κ3) is 4.50. The van der Waals surface area contributed by atoms with Crippen LogP contribution in [-0.2, 0) is 27.2 Å². The number of nitrogens with two attached hydrogens (primary N) is 1. The van der Waals surface area contributed by atoms with Crippen molar-refractivity contribution in [2.24, 2.45) is 0 Å². The summed E-state index contributed by atoms with van der Waals surface area (Å²) in [6, 6.07) is 7.25. The minimum Gasteiger partial charge on any atom is -0.462 e. The van der Waals surface area contributed by atoms with Crippen LogP contribution in [0.2, 0.25) is 0 Å². The molecule has 164 valence electrons. The van der Waals surface area contributed by atoms with Gasteiger partial charge in [-0.05, 0) is 62.4 Å². The van der Waals surface area contributed by atoms with Gasteiger partial charge in [0.05, 0.1) is 17.4 Å². The Bertz CT molecular complexity index is 1000. The first-order valence-corrected chi connectivity index (χ1v) is 12.4. The lowest BCUT2D eigenvalue weighted by Crippen LogP contribution is -2.32. The van der Waals surface area contributed by atoms with Crippen molar-refractivity contribution in [2.75, 3.05) is 17.2 Å². The highest BCUT2D eigenvalue weighted by Gasteiger charge is 2.43. The minimum atomic E-state index is -0.518. The zero-order chi connectivity index (χ0) is 22.0. The number of rotatable bonds is 5. The summed E-state index contributed by atoms with van der Waals surface area (Å²) in [5, 5.41) is -0.0726. The highest BCUT2D eigenvalue weighted by molar-refractivity contribution is 8.00. The van der Waals surface area contributed by atoms with Crippen molar-refractivity contribution in [1.82, 2.24) is 0 Å². The molecule has 0 bridgehead atoms. The molecule has 0 radical (unpaired) electrons. The van der Waals surface area contributed by atoms with Crippen LogP contribution in [0.1, 0.15) is 59.8 Å². The summed E-state index contributed by atoms with van der Waals surface area (Å²) in [6.45, 7) is 2.01. The van der Waals surface area contributed by atoms with E-state index in [0.29, 0.717) is 16.3 Å². The average molecular weight is 459 g/mol. The highest BCUT2D eigenvalue weighted by Crippen LogP contribution is 2.43. The van der Waals surface area contributed by atoms with Crippen LogP contribution in [0.25, 0.3) is 0 Å². The molecule has 2 aromatic rings. The second-order valence-electron chi connectivity index (χ2n) is 7.77. The molecule has 1 aromatic heterocycles. The molecule has 2 heterocycles. The second-order valence-corrected chi connectivity index (χ2v) is 10.1. The molecule has 0 spiro atoms. The van der Waals surface area contributed by atoms with Gasteiger partial charge in [-0.15, -0.1) is 23.1 Å². The molecule has 31 heavy (non-hydrogen) atoms. The maximum Gasteiger partial charge on any atom is 0.341 e. The molecule has 0 saturated carbocycles. The summed E-state index contributed by atoms with van der Waals surface area (Å²) in [5.74, 6) is -0.977. The van der Waals surface area contributed by atoms with Crippen molar-refractivity contribution in [3.8, 4) is 0 Å². The van der Waals surface area contributed by atoms with Gasteiger partial charge in [-0.1, -0.05) is 12.8 Å². The number of ether oxygens (including phenoxy) is 1. The monoisotopic (exact) mass is 458 g/mol. The predicted molar refractivity (Wildman–Crippen MR) is 124 cm³/mol. The van der Waals surface area contributed by atoms with Gasteiger partial charge in [-0.2, -0.15) is 0 Å². The van der Waals surface area contributed by atoms with Crippen LogP contribution >= 0.6 is 23.1 Å². The fourth-order valence-corrected chi connectivity index (χ4v) is 6.55. The largest absolute Gasteiger partial charge is 0.462 e. The van der Waals surface area contributed by atoms with E-state index in [1.165, 1.54) is 28.0 Å². The molecule has 6 nitrogen and oxygen atoms in total. The highest BCUT2D eigenvalue weighted by atomic mass is 32.2. The number of benzene rings is 1. The number of imide groups is 1. The number of fused-ring (bicyclic) bond motifs is 1. The van der Waals surface area contributed by atoms with E-state index in [9.17, 15) is 14.4 Å². The molecule has 1 aromatic carbocycles. The Morgan fingerprint density at radius 1 is 1.16 bits per heavy atom. The third-order valence-corrected chi connectivity index (χ3v) is 8.07. The Kier molecular flexibility index (Phi) is 6.67. The SMILES string of the molecule is CCOC(=O)c1c(N2C(=O)CC(Sc3ccc(N)cc3)C2=O)sc2c1CCCCCC2. The van der Waals surface area contributed by atoms with Crippen molar-refractivity contribution >= 4 is 51.6 Å². The van der Waals surface area contributed by atoms with Gasteiger partial charge in [0.1, 0.15) is 5.00 Å². The fourth-order valence-electron chi connectivity index (χ4n) is 4.10. The summed E-state index contributed by atoms with van der Waals surface area (Å²) in [4.78, 5) is 42.3. The van der Waals surface area contributed by atoms with Crippen LogP contribution in [0.15, 0.2) is 29.2 Å². The Labute approximate surface area is 190 Å². The number of hydrogen-bond donors (Lipinski definition) is 1. The fraction of sp³-hybridized carbons (Fsp3) is 0.435. The van der Waals surface area contributed by atoms with Gasteiger partial charge in [-0.25, -0.2) is 9.69 Å². The topological polar surface area (TPSA) is 89.7 Å². The number of carbonyl (C=O) groups excluding carboxylic acids is 3. The molecule has 1 aliphatic heterocycles. The van der Waals surface area contributed by atoms with Gasteiger partial charge in [-0.3, -0.25) is 9.59 Å². The molecule has 2 N–H and O–H groups in total. The van der Waals surface area contributed by atoms with E-state index >= 15 is 0 Å². The van der Waals surface area contributed by atoms with E-state index in [0.717, 1.165) is 53.9 Å². The van der Waals surface area contributed by atoms with E-state index in [4.69, 9.17) is 10.5 Å². The quantitative estimate of drug-likeness (QED) is 0.400. The van der Waals surface area contributed by atoms with Crippen molar-refractivity contribution in [3.63, 3.8) is 0 Å². The molecule has 2 amide bonds. The lowest BCUT2D eigenvalue weighted by molar-refractivity contribution is -0.121. The van der Waals surface area contributed by atoms with Crippen LogP contribution in [0.5, 0.6) is 0 Å². The standard InChI is InChI=1S/C23H26N2O4S2/c1-2-29-23(28)20-16-7-5-3-4-6-8-17(16)31-22(20)25-19(26)13-18(21(25)27)30-15-11-9-14(24)10-12-15/h9-12,18H,2-8,13,24H2,1H3. The van der Waals surface area contributed by atoms with E-state index in [2.05, 4.69) is 0 Å². The number of hydrogen-bond acceptors (Lipinski definition) is 7. The number of thioether (sulfide) groups is 1. The lowest BCUT2D eigenvalue weighted by Gasteiger charge is -2.16. The first kappa shape index (κ1) is 21.9. The smallest absolute Gasteiger partial charge is 0.341 e. The number of nitrogens with zero attached hydrogens (tertiary/aromatic N) is 1. The maximum atomic E-state index is 13.3. The van der Waals surface area contributed by atoms with Gasteiger partial charge < -0.3 is 10.5 Å². The van der Waals surface area contributed by atoms with Crippen molar-refractivity contribution < 1.29 is 19.1 Å². The third-order valence-electron chi connectivity index (χ3n) is 5.60. The van der Waals surface area contributed by atoms with E-state index in [1.54, 1.807) is 19.1 Å². The molecule has 2 aliphatic rings. The maximum absolute atomic E-state index is 13.3. The lowest BCUT2D eigenvalue weighted by atomic mass is 9.96. The van der Waals surface area contributed by atoms with Crippen LogP contribution in [0.3, 0.4) is 0 Å². The second kappa shape index (κ2) is 9.44. The summed E-state index contributed by atoms with van der Waals surface area (Å²) < 4.78 is 5.33. The first-order chi connectivity index (χ1) is 15.0. The normalized spacial score (nSPS) is 19.1. The minimum absolute atomic E-state index is 0.110. The molecule has 8 heteroatoms. The molecular formula is C23H26N2O4S2. The summed E-state index contributed by atoms with van der Waals surface area (Å²) in [5.41, 5.74) is 7.78. The van der Waals surface area contributed by atoms with Gasteiger partial charge in [0.15, 0.2) is 0 Å². The Morgan fingerprint density at radius 2 is 1.87 bits per heavy atom. The van der Waals surface area contributed by atoms with Gasteiger partial charge in [0.2, 0.25) is 11.8 Å². The van der Waals surface area contributed by atoms with Crippen molar-refractivity contribution in [3.05, 3.63) is 40.3 Å². The summed E-state index contributed by atoms with van der Waals surface area (Å²) in [6.07, 6.45) is 6.07. The van der Waals surface area contributed by atoms with Crippen LogP contribution in [0.4, 0.5) is 10.7 Å². The molecular weight excluding hydrogens is 432 g/mol. The number of anilines is 2. The van der Waals surface area contributed by atoms with Crippen LogP contribution in [0, 0.1) is 0 Å². The molecule has 1 saturated heterocycles. The number of thiophene rings is 1. The summed E-state index contributed by atoms with van der Waals surface area (Å²) in [7, 11) is 0. The molecule has 1 atom stereocenters. The number of amides is 2. The van der Waals surface area contributed by atoms with E-state index in [-0.39, 0.29) is 24.8 Å². The number of aryl methyl sites for hydroxylation is 1. The molecule has 4 rings (SSSR count). The zero-order valence-corrected chi connectivity index (χ0v) is 19.2. The molecule has 1 fully saturated rings. The van der Waals surface area contributed by atoms with Crippen LogP contribution in [-0.4, -0.2) is 29.6 Å². The van der Waals surface area contributed by atoms with Crippen molar-refractivity contribution in [1.29, 1.82) is 0 Å². The zero-order valence-electron chi connectivity index (χ0n) is 17.5. The number of carbonyl (C=O) groups is 3. The Morgan fingerprint density at radius 3 is 2.58 bits per heavy atom. The van der Waals surface area contributed by atoms with Gasteiger partial charge in [0, 0.05) is 21.9 Å². The number of nitrogen functional groups attached to an aromatic ring is 1. The van der Waals surface area contributed by atoms with Crippen molar-refractivity contribution in [2.45, 2.75) is 62.0 Å². The van der Waals surface area contributed by atoms with Crippen LogP contribution < -0.4 is 10.6 Å². The number of esters is 1. The summed E-state index contributed by atoms with van der Waals surface area (Å²) >= 11 is 2.77. The first-order valence-electron chi connectivity index (χ1n) is 10.7. The van der Waals surface area contributed by atoms with E-state index < -0.39 is 11.2 Å². The van der Waals surface area contributed by atoms with E-state index in [1.807, 2.05) is 12.1 Å². The van der Waals surface area contributed by atoms with Gasteiger partial charge >= 0.3 is 5.97 Å². The van der Waals surface area contributed by atoms with Gasteiger partial charge in [0.25, 0.3) is 0 Å². The Balaban J connectivity index is 1.68. The average Bonchev–Trinajstić information content (AvgIpc) is 3.19.